The molecular weight excluding hydrogens is 238 g/mol. The highest BCUT2D eigenvalue weighted by Crippen LogP contribution is 2.17. The van der Waals surface area contributed by atoms with Crippen LogP contribution < -0.4 is 5.73 Å². The highest BCUT2D eigenvalue weighted by Gasteiger charge is 2.09. The number of anilines is 1. The molecule has 90 valence electrons. The minimum atomic E-state index is 0.687. The molecule has 2 heterocycles. The number of thioether (sulfide) groups is 1. The molecule has 0 spiro atoms. The summed E-state index contributed by atoms with van der Waals surface area (Å²) in [5, 5.41) is 2.75. The Balaban J connectivity index is 1.57. The zero-order chi connectivity index (χ0) is 11.2. The van der Waals surface area contributed by atoms with E-state index in [1.807, 2.05) is 11.8 Å². The van der Waals surface area contributed by atoms with Crippen molar-refractivity contribution < 1.29 is 0 Å². The van der Waals surface area contributed by atoms with Gasteiger partial charge in [-0.25, -0.2) is 4.98 Å². The summed E-state index contributed by atoms with van der Waals surface area (Å²) in [4.78, 5) is 6.83. The Morgan fingerprint density at radius 1 is 1.38 bits per heavy atom. The normalized spacial score (nSPS) is 17.8. The van der Waals surface area contributed by atoms with Crippen LogP contribution in [-0.4, -0.2) is 35.3 Å². The number of piperidine rings is 1. The minimum absolute atomic E-state index is 0.687. The number of hydrogen-bond acceptors (Lipinski definition) is 5. The second-order valence-corrected chi connectivity index (χ2v) is 6.13. The van der Waals surface area contributed by atoms with Gasteiger partial charge in [0.05, 0.1) is 5.69 Å². The Morgan fingerprint density at radius 3 is 2.88 bits per heavy atom. The van der Waals surface area contributed by atoms with E-state index in [1.165, 1.54) is 56.0 Å². The maximum absolute atomic E-state index is 5.59. The molecule has 1 aromatic heterocycles. The minimum Gasteiger partial charge on any atom is -0.375 e. The molecule has 1 aliphatic rings. The van der Waals surface area contributed by atoms with Gasteiger partial charge in [0, 0.05) is 23.4 Å². The highest BCUT2D eigenvalue weighted by molar-refractivity contribution is 7.98. The molecule has 3 nitrogen and oxygen atoms in total. The van der Waals surface area contributed by atoms with E-state index in [2.05, 4.69) is 15.3 Å². The van der Waals surface area contributed by atoms with Gasteiger partial charge in [-0.2, -0.15) is 11.8 Å². The molecule has 0 unspecified atom stereocenters. The average Bonchev–Trinajstić information content (AvgIpc) is 2.72. The Morgan fingerprint density at radius 2 is 2.19 bits per heavy atom. The summed E-state index contributed by atoms with van der Waals surface area (Å²) in [5.74, 6) is 2.21. The van der Waals surface area contributed by atoms with Gasteiger partial charge in [0.1, 0.15) is 0 Å². The van der Waals surface area contributed by atoms with Gasteiger partial charge in [-0.05, 0) is 25.9 Å². The number of hydrogen-bond donors (Lipinski definition) is 1. The molecule has 0 radical (unpaired) electrons. The molecule has 0 saturated carbocycles. The zero-order valence-corrected chi connectivity index (χ0v) is 11.2. The summed E-state index contributed by atoms with van der Waals surface area (Å²) in [7, 11) is 0. The SMILES string of the molecule is Nc1nc(CSCCN2CCCCC2)cs1. The Labute approximate surface area is 105 Å². The maximum Gasteiger partial charge on any atom is 0.180 e. The predicted molar refractivity (Wildman–Crippen MR) is 73.0 cm³/mol. The molecular formula is C11H19N3S2. The number of aromatic nitrogens is 1. The third kappa shape index (κ3) is 3.96. The van der Waals surface area contributed by atoms with Crippen molar-refractivity contribution in [3.8, 4) is 0 Å². The number of thiazole rings is 1. The first-order valence-electron chi connectivity index (χ1n) is 5.84. The molecule has 5 heteroatoms. The van der Waals surface area contributed by atoms with Crippen LogP contribution >= 0.6 is 23.1 Å². The molecule has 1 saturated heterocycles. The van der Waals surface area contributed by atoms with Gasteiger partial charge in [0.15, 0.2) is 5.13 Å². The van der Waals surface area contributed by atoms with E-state index in [9.17, 15) is 0 Å². The lowest BCUT2D eigenvalue weighted by atomic mass is 10.1. The molecule has 16 heavy (non-hydrogen) atoms. The summed E-state index contributed by atoms with van der Waals surface area (Å²) in [6, 6.07) is 0. The quantitative estimate of drug-likeness (QED) is 0.823. The summed E-state index contributed by atoms with van der Waals surface area (Å²) in [5.41, 5.74) is 6.72. The van der Waals surface area contributed by atoms with Crippen molar-refractivity contribution in [2.24, 2.45) is 0 Å². The smallest absolute Gasteiger partial charge is 0.180 e. The second kappa shape index (κ2) is 6.47. The fraction of sp³-hybridized carbons (Fsp3) is 0.727. The van der Waals surface area contributed by atoms with Crippen LogP contribution in [0.2, 0.25) is 0 Å². The van der Waals surface area contributed by atoms with Gasteiger partial charge < -0.3 is 10.6 Å². The molecule has 0 aliphatic carbocycles. The van der Waals surface area contributed by atoms with Crippen LogP contribution in [0.4, 0.5) is 5.13 Å². The lowest BCUT2D eigenvalue weighted by Crippen LogP contribution is -2.31. The van der Waals surface area contributed by atoms with Crippen molar-refractivity contribution in [2.45, 2.75) is 25.0 Å². The first-order valence-corrected chi connectivity index (χ1v) is 7.88. The van der Waals surface area contributed by atoms with Crippen molar-refractivity contribution in [1.29, 1.82) is 0 Å². The molecule has 0 aromatic carbocycles. The monoisotopic (exact) mass is 257 g/mol. The number of likely N-dealkylation sites (tertiary alicyclic amines) is 1. The maximum atomic E-state index is 5.59. The van der Waals surface area contributed by atoms with E-state index in [1.54, 1.807) is 0 Å². The summed E-state index contributed by atoms with van der Waals surface area (Å²) in [6.07, 6.45) is 4.18. The van der Waals surface area contributed by atoms with E-state index >= 15 is 0 Å². The molecule has 1 aliphatic heterocycles. The van der Waals surface area contributed by atoms with Crippen molar-refractivity contribution in [2.75, 3.05) is 31.1 Å². The third-order valence-electron chi connectivity index (χ3n) is 2.82. The van der Waals surface area contributed by atoms with Crippen molar-refractivity contribution in [3.05, 3.63) is 11.1 Å². The Kier molecular flexibility index (Phi) is 4.93. The molecule has 2 rings (SSSR count). The van der Waals surface area contributed by atoms with Crippen molar-refractivity contribution in [3.63, 3.8) is 0 Å². The van der Waals surface area contributed by atoms with E-state index < -0.39 is 0 Å². The first-order chi connectivity index (χ1) is 7.84. The van der Waals surface area contributed by atoms with Gasteiger partial charge in [0.2, 0.25) is 0 Å². The lowest BCUT2D eigenvalue weighted by molar-refractivity contribution is 0.242. The fourth-order valence-electron chi connectivity index (χ4n) is 1.94. The van der Waals surface area contributed by atoms with Gasteiger partial charge in [-0.15, -0.1) is 11.3 Å². The third-order valence-corrected chi connectivity index (χ3v) is 4.51. The number of rotatable bonds is 5. The number of nitrogens with zero attached hydrogens (tertiary/aromatic N) is 2. The summed E-state index contributed by atoms with van der Waals surface area (Å²) < 4.78 is 0. The van der Waals surface area contributed by atoms with Crippen LogP contribution in [0.5, 0.6) is 0 Å². The highest BCUT2D eigenvalue weighted by atomic mass is 32.2. The second-order valence-electron chi connectivity index (χ2n) is 4.13. The standard InChI is InChI=1S/C11H19N3S2/c12-11-13-10(9-16-11)8-15-7-6-14-4-2-1-3-5-14/h9H,1-8H2,(H2,12,13). The predicted octanol–water partition coefficient (Wildman–Crippen LogP) is 2.44. The van der Waals surface area contributed by atoms with Gasteiger partial charge in [0.25, 0.3) is 0 Å². The molecule has 1 aromatic rings. The first kappa shape index (κ1) is 12.2. The van der Waals surface area contributed by atoms with Gasteiger partial charge in [-0.3, -0.25) is 0 Å². The fourth-order valence-corrected chi connectivity index (χ4v) is 3.50. The average molecular weight is 257 g/mol. The Bertz CT molecular complexity index is 308. The zero-order valence-electron chi connectivity index (χ0n) is 9.52. The van der Waals surface area contributed by atoms with E-state index in [0.717, 1.165) is 11.4 Å². The largest absolute Gasteiger partial charge is 0.375 e. The molecule has 0 amide bonds. The number of nitrogen functional groups attached to an aromatic ring is 1. The van der Waals surface area contributed by atoms with Crippen molar-refractivity contribution in [1.82, 2.24) is 9.88 Å². The molecule has 2 N–H and O–H groups in total. The lowest BCUT2D eigenvalue weighted by Gasteiger charge is -2.25. The Hall–Kier alpha value is -0.260. The summed E-state index contributed by atoms with van der Waals surface area (Å²) in [6.45, 7) is 3.82. The summed E-state index contributed by atoms with van der Waals surface area (Å²) >= 11 is 3.49. The van der Waals surface area contributed by atoms with Crippen LogP contribution in [0.3, 0.4) is 0 Å². The molecule has 1 fully saturated rings. The van der Waals surface area contributed by atoms with E-state index in [0.29, 0.717) is 5.13 Å². The van der Waals surface area contributed by atoms with Crippen LogP contribution in [0, 0.1) is 0 Å². The van der Waals surface area contributed by atoms with Crippen LogP contribution in [0.15, 0.2) is 5.38 Å². The van der Waals surface area contributed by atoms with E-state index in [-0.39, 0.29) is 0 Å². The topological polar surface area (TPSA) is 42.1 Å². The van der Waals surface area contributed by atoms with Crippen LogP contribution in [0.25, 0.3) is 0 Å². The number of nitrogens with two attached hydrogens (primary N) is 1. The van der Waals surface area contributed by atoms with E-state index in [4.69, 9.17) is 5.73 Å². The van der Waals surface area contributed by atoms with Crippen LogP contribution in [0.1, 0.15) is 25.0 Å². The van der Waals surface area contributed by atoms with Crippen molar-refractivity contribution >= 4 is 28.2 Å². The molecule has 0 atom stereocenters. The molecule has 0 bridgehead atoms. The van der Waals surface area contributed by atoms with Gasteiger partial charge >= 0.3 is 0 Å². The van der Waals surface area contributed by atoms with Crippen LogP contribution in [-0.2, 0) is 5.75 Å². The van der Waals surface area contributed by atoms with Gasteiger partial charge in [-0.1, -0.05) is 6.42 Å².